The second-order valence-electron chi connectivity index (χ2n) is 9.23. The first-order valence-electron chi connectivity index (χ1n) is 12.9. The number of nitrogens with zero attached hydrogens (tertiary/aromatic N) is 2. The van der Waals surface area contributed by atoms with Gasteiger partial charge in [-0.1, -0.05) is 67.9 Å². The van der Waals surface area contributed by atoms with Gasteiger partial charge in [0.05, 0.1) is 29.3 Å². The van der Waals surface area contributed by atoms with Crippen molar-refractivity contribution in [2.75, 3.05) is 13.7 Å². The second kappa shape index (κ2) is 14.1. The molecule has 39 heavy (non-hydrogen) atoms. The summed E-state index contributed by atoms with van der Waals surface area (Å²) in [6, 6.07) is 12.0. The normalized spacial score (nSPS) is 10.8. The number of benzene rings is 2. The minimum absolute atomic E-state index is 0.0543. The van der Waals surface area contributed by atoms with Gasteiger partial charge < -0.3 is 14.6 Å². The van der Waals surface area contributed by atoms with E-state index in [1.54, 1.807) is 19.2 Å². The van der Waals surface area contributed by atoms with Gasteiger partial charge in [0.2, 0.25) is 5.88 Å². The fourth-order valence-electron chi connectivity index (χ4n) is 4.32. The standard InChI is InChI=1S/C30H32Cl2N2O5/c1-4-5-6-7-8-15-39-28-24(31)16-21(17-25(28)32)27(35)26-19(2)23(18-33)29(36)34(30(26)37)14-13-20-9-11-22(38-3)12-10-20/h9-12,16-17,37H,4-8,13-15H2,1-3H3. The summed E-state index contributed by atoms with van der Waals surface area (Å²) in [6.07, 6.45) is 5.72. The molecule has 0 fully saturated rings. The fraction of sp³-hybridized carbons (Fsp3) is 0.367. The van der Waals surface area contributed by atoms with Crippen molar-refractivity contribution in [2.45, 2.75) is 58.9 Å². The summed E-state index contributed by atoms with van der Waals surface area (Å²) in [5, 5.41) is 21.1. The zero-order valence-corrected chi connectivity index (χ0v) is 23.9. The molecule has 3 aromatic rings. The first-order valence-corrected chi connectivity index (χ1v) is 13.6. The SMILES string of the molecule is CCCCCCCOc1c(Cl)cc(C(=O)c2c(C)c(C#N)c(=O)n(CCc3ccc(OC)cc3)c2O)cc1Cl. The van der Waals surface area contributed by atoms with Crippen molar-refractivity contribution in [3.63, 3.8) is 0 Å². The molecular formula is C30H32Cl2N2O5. The molecule has 0 amide bonds. The third-order valence-corrected chi connectivity index (χ3v) is 7.13. The van der Waals surface area contributed by atoms with Crippen LogP contribution in [0.25, 0.3) is 0 Å². The van der Waals surface area contributed by atoms with Gasteiger partial charge in [-0.05, 0) is 55.2 Å². The number of carbonyl (C=O) groups excluding carboxylic acids is 1. The van der Waals surface area contributed by atoms with E-state index in [9.17, 15) is 20.0 Å². The predicted molar refractivity (Wildman–Crippen MR) is 153 cm³/mol. The van der Waals surface area contributed by atoms with Crippen molar-refractivity contribution in [2.24, 2.45) is 0 Å². The monoisotopic (exact) mass is 570 g/mol. The Morgan fingerprint density at radius 3 is 2.31 bits per heavy atom. The highest BCUT2D eigenvalue weighted by atomic mass is 35.5. The molecule has 0 saturated carbocycles. The number of aromatic hydroxyl groups is 1. The van der Waals surface area contributed by atoms with Crippen LogP contribution in [0.1, 0.15) is 71.6 Å². The molecule has 1 N–H and O–H groups in total. The first-order chi connectivity index (χ1) is 18.7. The molecular weight excluding hydrogens is 539 g/mol. The van der Waals surface area contributed by atoms with Gasteiger partial charge in [0, 0.05) is 12.1 Å². The lowest BCUT2D eigenvalue weighted by Crippen LogP contribution is -2.27. The Balaban J connectivity index is 1.90. The molecule has 1 aromatic heterocycles. The average Bonchev–Trinajstić information content (AvgIpc) is 2.92. The van der Waals surface area contributed by atoms with Gasteiger partial charge in [-0.3, -0.25) is 14.2 Å². The van der Waals surface area contributed by atoms with E-state index in [4.69, 9.17) is 32.7 Å². The minimum Gasteiger partial charge on any atom is -0.497 e. The largest absolute Gasteiger partial charge is 0.497 e. The second-order valence-corrected chi connectivity index (χ2v) is 10.0. The average molecular weight is 572 g/mol. The number of ether oxygens (including phenoxy) is 2. The van der Waals surface area contributed by atoms with Crippen molar-refractivity contribution >= 4 is 29.0 Å². The van der Waals surface area contributed by atoms with Gasteiger partial charge in [-0.2, -0.15) is 5.26 Å². The van der Waals surface area contributed by atoms with Crippen LogP contribution in [0.15, 0.2) is 41.2 Å². The number of ketones is 1. The zero-order chi connectivity index (χ0) is 28.5. The van der Waals surface area contributed by atoms with E-state index in [-0.39, 0.29) is 44.6 Å². The number of nitriles is 1. The zero-order valence-electron chi connectivity index (χ0n) is 22.4. The maximum Gasteiger partial charge on any atom is 0.271 e. The summed E-state index contributed by atoms with van der Waals surface area (Å²) >= 11 is 12.8. The molecule has 9 heteroatoms. The molecule has 2 aromatic carbocycles. The quantitative estimate of drug-likeness (QED) is 0.177. The molecule has 0 spiro atoms. The smallest absolute Gasteiger partial charge is 0.271 e. The number of pyridine rings is 1. The van der Waals surface area contributed by atoms with Gasteiger partial charge in [-0.25, -0.2) is 0 Å². The summed E-state index contributed by atoms with van der Waals surface area (Å²) in [5.74, 6) is -0.160. The maximum atomic E-state index is 13.6. The van der Waals surface area contributed by atoms with Crippen molar-refractivity contribution < 1.29 is 19.4 Å². The summed E-state index contributed by atoms with van der Waals surface area (Å²) in [7, 11) is 1.57. The predicted octanol–water partition coefficient (Wildman–Crippen LogP) is 6.87. The van der Waals surface area contributed by atoms with E-state index in [0.29, 0.717) is 18.8 Å². The van der Waals surface area contributed by atoms with E-state index in [1.807, 2.05) is 18.2 Å². The molecule has 0 aliphatic heterocycles. The lowest BCUT2D eigenvalue weighted by Gasteiger charge is -2.16. The van der Waals surface area contributed by atoms with Crippen LogP contribution >= 0.6 is 23.2 Å². The molecule has 0 saturated heterocycles. The van der Waals surface area contributed by atoms with Crippen LogP contribution in [-0.2, 0) is 13.0 Å². The van der Waals surface area contributed by atoms with Gasteiger partial charge in [-0.15, -0.1) is 0 Å². The lowest BCUT2D eigenvalue weighted by molar-refractivity contribution is 0.103. The van der Waals surface area contributed by atoms with E-state index < -0.39 is 17.2 Å². The number of carbonyl (C=O) groups is 1. The number of hydrogen-bond acceptors (Lipinski definition) is 6. The Labute approximate surface area is 238 Å². The van der Waals surface area contributed by atoms with Crippen LogP contribution < -0.4 is 15.0 Å². The van der Waals surface area contributed by atoms with Crippen LogP contribution in [0.5, 0.6) is 17.4 Å². The van der Waals surface area contributed by atoms with E-state index >= 15 is 0 Å². The minimum atomic E-state index is -0.670. The highest BCUT2D eigenvalue weighted by Crippen LogP contribution is 2.36. The number of aryl methyl sites for hydroxylation is 1. The topological polar surface area (TPSA) is 102 Å². The van der Waals surface area contributed by atoms with Gasteiger partial charge >= 0.3 is 0 Å². The van der Waals surface area contributed by atoms with E-state index in [1.165, 1.54) is 25.5 Å². The molecule has 0 bridgehead atoms. The van der Waals surface area contributed by atoms with Gasteiger partial charge in [0.15, 0.2) is 11.5 Å². The summed E-state index contributed by atoms with van der Waals surface area (Å²) in [6.45, 7) is 4.11. The Kier molecular flexibility index (Phi) is 10.8. The van der Waals surface area contributed by atoms with Crippen LogP contribution in [0.4, 0.5) is 0 Å². The molecule has 1 heterocycles. The summed E-state index contributed by atoms with van der Waals surface area (Å²) in [5.41, 5.74) is 0.0295. The van der Waals surface area contributed by atoms with Crippen LogP contribution in [0.2, 0.25) is 10.0 Å². The molecule has 7 nitrogen and oxygen atoms in total. The molecule has 0 atom stereocenters. The summed E-state index contributed by atoms with van der Waals surface area (Å²) < 4.78 is 12.0. The molecule has 0 aliphatic carbocycles. The maximum absolute atomic E-state index is 13.6. The molecule has 3 rings (SSSR count). The fourth-order valence-corrected chi connectivity index (χ4v) is 4.91. The van der Waals surface area contributed by atoms with Gasteiger partial charge in [0.1, 0.15) is 17.4 Å². The van der Waals surface area contributed by atoms with Crippen LogP contribution in [0, 0.1) is 18.3 Å². The number of rotatable bonds is 13. The molecule has 0 radical (unpaired) electrons. The molecule has 0 unspecified atom stereocenters. The Hall–Kier alpha value is -3.47. The van der Waals surface area contributed by atoms with Gasteiger partial charge in [0.25, 0.3) is 5.56 Å². The summed E-state index contributed by atoms with van der Waals surface area (Å²) in [4.78, 5) is 26.6. The number of unbranched alkanes of at least 4 members (excludes halogenated alkanes) is 4. The first kappa shape index (κ1) is 30.1. The molecule has 206 valence electrons. The van der Waals surface area contributed by atoms with Crippen molar-refractivity contribution in [3.8, 4) is 23.4 Å². The van der Waals surface area contributed by atoms with Crippen molar-refractivity contribution in [1.29, 1.82) is 5.26 Å². The number of halogens is 2. The lowest BCUT2D eigenvalue weighted by atomic mass is 9.97. The number of methoxy groups -OCH3 is 1. The Morgan fingerprint density at radius 1 is 1.08 bits per heavy atom. The highest BCUT2D eigenvalue weighted by molar-refractivity contribution is 6.38. The Morgan fingerprint density at radius 2 is 1.72 bits per heavy atom. The highest BCUT2D eigenvalue weighted by Gasteiger charge is 2.26. The van der Waals surface area contributed by atoms with E-state index in [0.717, 1.165) is 35.8 Å². The third kappa shape index (κ3) is 7.14. The Bertz CT molecular complexity index is 1400. The van der Waals surface area contributed by atoms with E-state index in [2.05, 4.69) is 6.92 Å². The van der Waals surface area contributed by atoms with Crippen molar-refractivity contribution in [3.05, 3.63) is 84.6 Å². The van der Waals surface area contributed by atoms with Crippen molar-refractivity contribution in [1.82, 2.24) is 4.57 Å². The van der Waals surface area contributed by atoms with Crippen LogP contribution in [-0.4, -0.2) is 29.2 Å². The molecule has 0 aliphatic rings. The van der Waals surface area contributed by atoms with Crippen LogP contribution in [0.3, 0.4) is 0 Å². The number of hydrogen-bond donors (Lipinski definition) is 1. The third-order valence-electron chi connectivity index (χ3n) is 6.57. The number of aromatic nitrogens is 1.